The van der Waals surface area contributed by atoms with Gasteiger partial charge in [0.1, 0.15) is 11.5 Å². The first-order valence-electron chi connectivity index (χ1n) is 9.36. The van der Waals surface area contributed by atoms with E-state index in [2.05, 4.69) is 40.5 Å². The zero-order valence-electron chi connectivity index (χ0n) is 14.8. The number of fused-ring (bicyclic) bond motifs is 1. The quantitative estimate of drug-likeness (QED) is 0.908. The number of nitrogens with one attached hydrogen (secondary N) is 1. The summed E-state index contributed by atoms with van der Waals surface area (Å²) in [4.78, 5) is 15.3. The van der Waals surface area contributed by atoms with Gasteiger partial charge in [-0.25, -0.2) is 0 Å². The third-order valence-corrected chi connectivity index (χ3v) is 5.67. The van der Waals surface area contributed by atoms with Gasteiger partial charge in [-0.2, -0.15) is 0 Å². The van der Waals surface area contributed by atoms with Crippen LogP contribution in [0, 0.1) is 12.8 Å². The normalized spacial score (nSPS) is 25.9. The van der Waals surface area contributed by atoms with Crippen molar-refractivity contribution < 1.29 is 9.21 Å². The monoisotopic (exact) mass is 338 g/mol. The Kier molecular flexibility index (Phi) is 4.62. The first-order chi connectivity index (χ1) is 12.2. The molecular formula is C21H26N2O2. The predicted octanol–water partition coefficient (Wildman–Crippen LogP) is 3.47. The molecule has 2 aliphatic heterocycles. The van der Waals surface area contributed by atoms with Crippen molar-refractivity contribution in [1.29, 1.82) is 0 Å². The Hall–Kier alpha value is -2.07. The lowest BCUT2D eigenvalue weighted by molar-refractivity contribution is -0.125. The highest BCUT2D eigenvalue weighted by Crippen LogP contribution is 2.44. The fraction of sp³-hybridized carbons (Fsp3) is 0.476. The largest absolute Gasteiger partial charge is 0.466 e. The van der Waals surface area contributed by atoms with Crippen LogP contribution in [0.1, 0.15) is 42.4 Å². The smallest absolute Gasteiger partial charge is 0.224 e. The molecule has 1 aromatic carbocycles. The highest BCUT2D eigenvalue weighted by Gasteiger charge is 2.46. The first-order valence-corrected chi connectivity index (χ1v) is 9.36. The van der Waals surface area contributed by atoms with Crippen LogP contribution in [0.5, 0.6) is 0 Å². The van der Waals surface area contributed by atoms with E-state index in [0.717, 1.165) is 37.3 Å². The van der Waals surface area contributed by atoms with E-state index < -0.39 is 0 Å². The van der Waals surface area contributed by atoms with Crippen LogP contribution in [0.3, 0.4) is 0 Å². The van der Waals surface area contributed by atoms with E-state index in [0.29, 0.717) is 18.6 Å². The van der Waals surface area contributed by atoms with Gasteiger partial charge >= 0.3 is 0 Å². The van der Waals surface area contributed by atoms with E-state index in [9.17, 15) is 4.79 Å². The second kappa shape index (κ2) is 7.04. The van der Waals surface area contributed by atoms with Crippen LogP contribution in [0.2, 0.25) is 0 Å². The van der Waals surface area contributed by atoms with Crippen molar-refractivity contribution in [2.45, 2.75) is 44.7 Å². The average Bonchev–Trinajstić information content (AvgIpc) is 3.32. The highest BCUT2D eigenvalue weighted by molar-refractivity contribution is 5.80. The molecule has 0 unspecified atom stereocenters. The Labute approximate surface area is 149 Å². The second-order valence-electron chi connectivity index (χ2n) is 7.27. The van der Waals surface area contributed by atoms with Crippen molar-refractivity contribution in [1.82, 2.24) is 10.2 Å². The molecule has 4 nitrogen and oxygen atoms in total. The number of carbonyl (C=O) groups is 1. The predicted molar refractivity (Wildman–Crippen MR) is 97.2 cm³/mol. The Morgan fingerprint density at radius 3 is 2.84 bits per heavy atom. The molecule has 2 aromatic rings. The number of amides is 1. The SMILES string of the molecule is Cc1ccc(CCNC(=O)[C@@H]2C[C@H](c3ccccc3)N3CCC[C@@H]23)o1. The van der Waals surface area contributed by atoms with Crippen LogP contribution in [0.4, 0.5) is 0 Å². The molecule has 0 bridgehead atoms. The second-order valence-corrected chi connectivity index (χ2v) is 7.27. The van der Waals surface area contributed by atoms with Gasteiger partial charge in [0.15, 0.2) is 0 Å². The van der Waals surface area contributed by atoms with Gasteiger partial charge in [-0.15, -0.1) is 0 Å². The van der Waals surface area contributed by atoms with Gasteiger partial charge in [0.05, 0.1) is 5.92 Å². The molecule has 0 spiro atoms. The molecule has 1 aromatic heterocycles. The van der Waals surface area contributed by atoms with Gasteiger partial charge in [0, 0.05) is 25.0 Å². The van der Waals surface area contributed by atoms with Crippen molar-refractivity contribution in [3.05, 3.63) is 59.5 Å². The molecule has 3 heterocycles. The first kappa shape index (κ1) is 16.4. The molecule has 0 saturated carbocycles. The molecule has 0 aliphatic carbocycles. The maximum Gasteiger partial charge on any atom is 0.224 e. The number of benzene rings is 1. The highest BCUT2D eigenvalue weighted by atomic mass is 16.3. The molecule has 2 saturated heterocycles. The number of furan rings is 1. The number of rotatable bonds is 5. The summed E-state index contributed by atoms with van der Waals surface area (Å²) in [5.41, 5.74) is 1.34. The summed E-state index contributed by atoms with van der Waals surface area (Å²) in [5.74, 6) is 2.17. The molecule has 25 heavy (non-hydrogen) atoms. The molecule has 1 amide bonds. The van der Waals surface area contributed by atoms with Gasteiger partial charge in [-0.1, -0.05) is 30.3 Å². The Morgan fingerprint density at radius 2 is 2.08 bits per heavy atom. The summed E-state index contributed by atoms with van der Waals surface area (Å²) in [6, 6.07) is 15.4. The number of aryl methyl sites for hydroxylation is 1. The molecule has 2 fully saturated rings. The van der Waals surface area contributed by atoms with E-state index in [1.165, 1.54) is 12.0 Å². The maximum atomic E-state index is 12.8. The van der Waals surface area contributed by atoms with E-state index in [-0.39, 0.29) is 11.8 Å². The van der Waals surface area contributed by atoms with Crippen LogP contribution in [0.15, 0.2) is 46.9 Å². The summed E-state index contributed by atoms with van der Waals surface area (Å²) in [7, 11) is 0. The number of nitrogens with zero attached hydrogens (tertiary/aromatic N) is 1. The molecular weight excluding hydrogens is 312 g/mol. The molecule has 3 atom stereocenters. The van der Waals surface area contributed by atoms with Crippen LogP contribution in [0.25, 0.3) is 0 Å². The van der Waals surface area contributed by atoms with Crippen molar-refractivity contribution in [2.24, 2.45) is 5.92 Å². The van der Waals surface area contributed by atoms with Crippen LogP contribution in [-0.4, -0.2) is 29.9 Å². The number of carbonyl (C=O) groups excluding carboxylic acids is 1. The lowest BCUT2D eigenvalue weighted by Crippen LogP contribution is -2.38. The zero-order valence-corrected chi connectivity index (χ0v) is 14.8. The summed E-state index contributed by atoms with van der Waals surface area (Å²) >= 11 is 0. The summed E-state index contributed by atoms with van der Waals surface area (Å²) < 4.78 is 5.58. The van der Waals surface area contributed by atoms with Crippen LogP contribution < -0.4 is 5.32 Å². The van der Waals surface area contributed by atoms with Gasteiger partial charge in [0.25, 0.3) is 0 Å². The molecule has 4 heteroatoms. The van der Waals surface area contributed by atoms with Crippen molar-refractivity contribution >= 4 is 5.91 Å². The lowest BCUT2D eigenvalue weighted by atomic mass is 9.93. The van der Waals surface area contributed by atoms with Gasteiger partial charge in [-0.3, -0.25) is 9.69 Å². The average molecular weight is 338 g/mol. The summed E-state index contributed by atoms with van der Waals surface area (Å²) in [5, 5.41) is 3.14. The Bertz CT molecular complexity index is 725. The van der Waals surface area contributed by atoms with Crippen molar-refractivity contribution in [3.8, 4) is 0 Å². The van der Waals surface area contributed by atoms with Gasteiger partial charge in [0.2, 0.25) is 5.91 Å². The third kappa shape index (κ3) is 3.36. The summed E-state index contributed by atoms with van der Waals surface area (Å²) in [6.45, 7) is 3.70. The topological polar surface area (TPSA) is 45.5 Å². The summed E-state index contributed by atoms with van der Waals surface area (Å²) in [6.07, 6.45) is 4.02. The lowest BCUT2D eigenvalue weighted by Gasteiger charge is -2.24. The number of hydrogen-bond donors (Lipinski definition) is 1. The zero-order chi connectivity index (χ0) is 17.2. The van der Waals surface area contributed by atoms with Crippen molar-refractivity contribution in [3.63, 3.8) is 0 Å². The fourth-order valence-corrected chi connectivity index (χ4v) is 4.51. The van der Waals surface area contributed by atoms with E-state index in [1.54, 1.807) is 0 Å². The maximum absolute atomic E-state index is 12.8. The van der Waals surface area contributed by atoms with Gasteiger partial charge < -0.3 is 9.73 Å². The number of hydrogen-bond acceptors (Lipinski definition) is 3. The molecule has 132 valence electrons. The standard InChI is InChI=1S/C21H26N2O2/c1-15-9-10-17(25-15)11-12-22-21(24)18-14-20(16-6-3-2-4-7-16)23-13-5-8-19(18)23/h2-4,6-7,9-10,18-20H,5,8,11-14H2,1H3,(H,22,24)/t18-,19+,20-/m1/s1. The van der Waals surface area contributed by atoms with E-state index in [4.69, 9.17) is 4.42 Å². The minimum Gasteiger partial charge on any atom is -0.466 e. The van der Waals surface area contributed by atoms with Crippen LogP contribution >= 0.6 is 0 Å². The van der Waals surface area contributed by atoms with Crippen LogP contribution in [-0.2, 0) is 11.2 Å². The fourth-order valence-electron chi connectivity index (χ4n) is 4.51. The van der Waals surface area contributed by atoms with E-state index >= 15 is 0 Å². The minimum absolute atomic E-state index is 0.103. The molecule has 2 aliphatic rings. The molecule has 1 N–H and O–H groups in total. The Balaban J connectivity index is 1.38. The van der Waals surface area contributed by atoms with Gasteiger partial charge in [-0.05, 0) is 50.4 Å². The Morgan fingerprint density at radius 1 is 1.24 bits per heavy atom. The molecule has 0 radical (unpaired) electrons. The van der Waals surface area contributed by atoms with Crippen molar-refractivity contribution in [2.75, 3.05) is 13.1 Å². The minimum atomic E-state index is 0.103. The third-order valence-electron chi connectivity index (χ3n) is 5.67. The molecule has 4 rings (SSSR count). The van der Waals surface area contributed by atoms with E-state index in [1.807, 2.05) is 19.1 Å².